The average molecular weight is 254 g/mol. The van der Waals surface area contributed by atoms with Crippen LogP contribution in [0.25, 0.3) is 0 Å². The van der Waals surface area contributed by atoms with E-state index in [-0.39, 0.29) is 6.61 Å². The van der Waals surface area contributed by atoms with Crippen LogP contribution in [0.15, 0.2) is 24.3 Å². The van der Waals surface area contributed by atoms with Crippen molar-refractivity contribution in [1.82, 2.24) is 5.32 Å². The molecule has 0 spiro atoms. The van der Waals surface area contributed by atoms with Crippen LogP contribution < -0.4 is 10.1 Å². The maximum absolute atomic E-state index is 11.5. The Morgan fingerprint density at radius 3 is 2.89 bits per heavy atom. The van der Waals surface area contributed by atoms with Crippen LogP contribution in [0.5, 0.6) is 5.75 Å². The van der Waals surface area contributed by atoms with E-state index >= 15 is 0 Å². The summed E-state index contributed by atoms with van der Waals surface area (Å²) in [5.74, 6) is -0.101. The molecule has 0 amide bonds. The summed E-state index contributed by atoms with van der Waals surface area (Å²) in [4.78, 5) is 25.8. The number of nitrogens with zero attached hydrogens (tertiary/aromatic N) is 1. The van der Waals surface area contributed by atoms with Crippen LogP contribution in [-0.2, 0) is 16.2 Å². The lowest BCUT2D eigenvalue weighted by Crippen LogP contribution is -2.34. The molecule has 0 heterocycles. The minimum absolute atomic E-state index is 0.181. The van der Waals surface area contributed by atoms with E-state index in [2.05, 4.69) is 10.2 Å². The van der Waals surface area contributed by atoms with Gasteiger partial charge in [0.15, 0.2) is 0 Å². The van der Waals surface area contributed by atoms with Gasteiger partial charge in [-0.3, -0.25) is 0 Å². The molecular formula is C11H14N2O5. The van der Waals surface area contributed by atoms with Gasteiger partial charge in [-0.15, -0.1) is 10.1 Å². The van der Waals surface area contributed by atoms with Crippen LogP contribution in [0, 0.1) is 10.1 Å². The number of nitrogens with one attached hydrogen (secondary N) is 1. The molecule has 1 unspecified atom stereocenters. The van der Waals surface area contributed by atoms with Gasteiger partial charge in [0.25, 0.3) is 5.09 Å². The molecule has 0 radical (unpaired) electrons. The fourth-order valence-electron chi connectivity index (χ4n) is 1.15. The maximum Gasteiger partial charge on any atom is 0.328 e. The lowest BCUT2D eigenvalue weighted by molar-refractivity contribution is -0.763. The highest BCUT2D eigenvalue weighted by molar-refractivity contribution is 5.77. The molecule has 1 atom stereocenters. The van der Waals surface area contributed by atoms with Gasteiger partial charge in [-0.05, 0) is 31.7 Å². The number of hydrogen-bond donors (Lipinski definition) is 1. The van der Waals surface area contributed by atoms with Crippen molar-refractivity contribution < 1.29 is 19.5 Å². The van der Waals surface area contributed by atoms with Crippen LogP contribution in [-0.4, -0.2) is 24.1 Å². The fraction of sp³-hybridized carbons (Fsp3) is 0.364. The number of esters is 1. The second kappa shape index (κ2) is 6.55. The zero-order chi connectivity index (χ0) is 13.5. The monoisotopic (exact) mass is 254 g/mol. The van der Waals surface area contributed by atoms with Crippen LogP contribution in [0.2, 0.25) is 0 Å². The lowest BCUT2D eigenvalue weighted by Gasteiger charge is -2.10. The summed E-state index contributed by atoms with van der Waals surface area (Å²) in [5.41, 5.74) is 0.550. The quantitative estimate of drug-likeness (QED) is 0.351. The number of ether oxygens (including phenoxy) is 1. The van der Waals surface area contributed by atoms with Crippen LogP contribution in [0.1, 0.15) is 12.5 Å². The van der Waals surface area contributed by atoms with E-state index in [0.717, 1.165) is 0 Å². The zero-order valence-corrected chi connectivity index (χ0v) is 10.1. The fourth-order valence-corrected chi connectivity index (χ4v) is 1.15. The van der Waals surface area contributed by atoms with Crippen molar-refractivity contribution in [1.29, 1.82) is 0 Å². The third-order valence-electron chi connectivity index (χ3n) is 2.24. The average Bonchev–Trinajstić information content (AvgIpc) is 2.35. The van der Waals surface area contributed by atoms with Gasteiger partial charge in [-0.1, -0.05) is 12.1 Å². The normalized spacial score (nSPS) is 11.7. The molecule has 98 valence electrons. The lowest BCUT2D eigenvalue weighted by atomic mass is 10.2. The van der Waals surface area contributed by atoms with Crippen molar-refractivity contribution in [3.05, 3.63) is 39.9 Å². The molecule has 7 heteroatoms. The Morgan fingerprint density at radius 1 is 1.56 bits per heavy atom. The van der Waals surface area contributed by atoms with Crippen LogP contribution >= 0.6 is 0 Å². The molecule has 0 saturated heterocycles. The topological polar surface area (TPSA) is 90.7 Å². The van der Waals surface area contributed by atoms with E-state index in [4.69, 9.17) is 4.74 Å². The van der Waals surface area contributed by atoms with Crippen LogP contribution in [0.3, 0.4) is 0 Å². The molecule has 1 aromatic carbocycles. The van der Waals surface area contributed by atoms with Crippen molar-refractivity contribution in [2.24, 2.45) is 0 Å². The largest absolute Gasteiger partial charge is 0.425 e. The minimum atomic E-state index is -0.873. The molecule has 7 nitrogen and oxygen atoms in total. The predicted molar refractivity (Wildman–Crippen MR) is 62.4 cm³/mol. The summed E-state index contributed by atoms with van der Waals surface area (Å²) < 4.78 is 5.09. The van der Waals surface area contributed by atoms with Crippen LogP contribution in [0.4, 0.5) is 0 Å². The van der Waals surface area contributed by atoms with Crippen molar-refractivity contribution >= 4 is 5.97 Å². The van der Waals surface area contributed by atoms with Crippen molar-refractivity contribution in [2.75, 3.05) is 7.05 Å². The number of likely N-dealkylation sites (N-methyl/N-ethyl adjacent to an activating group) is 1. The van der Waals surface area contributed by atoms with Gasteiger partial charge in [0.2, 0.25) is 0 Å². The van der Waals surface area contributed by atoms with E-state index in [0.29, 0.717) is 11.3 Å². The van der Waals surface area contributed by atoms with E-state index in [1.165, 1.54) is 6.07 Å². The number of rotatable bonds is 6. The first-order chi connectivity index (χ1) is 8.52. The number of benzene rings is 1. The number of carbonyl (C=O) groups excluding carboxylic acids is 1. The first-order valence-corrected chi connectivity index (χ1v) is 5.28. The Hall–Kier alpha value is -2.15. The second-order valence-electron chi connectivity index (χ2n) is 3.58. The van der Waals surface area contributed by atoms with Gasteiger partial charge >= 0.3 is 5.97 Å². The Balaban J connectivity index is 2.64. The molecular weight excluding hydrogens is 240 g/mol. The van der Waals surface area contributed by atoms with Crippen molar-refractivity contribution in [2.45, 2.75) is 19.6 Å². The van der Waals surface area contributed by atoms with Gasteiger partial charge in [0.05, 0.1) is 0 Å². The van der Waals surface area contributed by atoms with Gasteiger partial charge in [0.1, 0.15) is 18.4 Å². The predicted octanol–water partition coefficient (Wildman–Crippen LogP) is 0.908. The third kappa shape index (κ3) is 4.38. The summed E-state index contributed by atoms with van der Waals surface area (Å²) in [6.07, 6.45) is 0. The molecule has 0 fully saturated rings. The smallest absolute Gasteiger partial charge is 0.328 e. The number of hydrogen-bond acceptors (Lipinski definition) is 6. The highest BCUT2D eigenvalue weighted by Crippen LogP contribution is 2.14. The first kappa shape index (κ1) is 13.9. The second-order valence-corrected chi connectivity index (χ2v) is 3.58. The molecule has 18 heavy (non-hydrogen) atoms. The molecule has 0 aliphatic carbocycles. The summed E-state index contributed by atoms with van der Waals surface area (Å²) in [6.45, 7) is 1.49. The zero-order valence-electron chi connectivity index (χ0n) is 10.1. The summed E-state index contributed by atoms with van der Waals surface area (Å²) in [5, 5.41) is 11.9. The summed E-state index contributed by atoms with van der Waals surface area (Å²) >= 11 is 0. The summed E-state index contributed by atoms with van der Waals surface area (Å²) in [6, 6.07) is 5.96. The highest BCUT2D eigenvalue weighted by Gasteiger charge is 2.12. The SMILES string of the molecule is CNC(C)C(=O)Oc1cccc(CO[N+](=O)[O-])c1. The molecule has 0 aliphatic heterocycles. The number of carbonyl (C=O) groups is 1. The maximum atomic E-state index is 11.5. The summed E-state index contributed by atoms with van der Waals surface area (Å²) in [7, 11) is 1.65. The Bertz CT molecular complexity index is 435. The van der Waals surface area contributed by atoms with E-state index < -0.39 is 17.1 Å². The Morgan fingerprint density at radius 2 is 2.28 bits per heavy atom. The standard InChI is InChI=1S/C11H14N2O5/c1-8(12-2)11(14)18-10-5-3-4-9(6-10)7-17-13(15)16/h3-6,8,12H,7H2,1-2H3. The van der Waals surface area contributed by atoms with Crippen molar-refractivity contribution in [3.8, 4) is 5.75 Å². The molecule has 0 aromatic heterocycles. The highest BCUT2D eigenvalue weighted by atomic mass is 16.9. The van der Waals surface area contributed by atoms with Gasteiger partial charge < -0.3 is 14.9 Å². The van der Waals surface area contributed by atoms with E-state index in [1.807, 2.05) is 0 Å². The van der Waals surface area contributed by atoms with E-state index in [9.17, 15) is 14.9 Å². The van der Waals surface area contributed by atoms with Gasteiger partial charge in [-0.2, -0.15) is 0 Å². The first-order valence-electron chi connectivity index (χ1n) is 5.28. The Kier molecular flexibility index (Phi) is 5.06. The Labute approximate surface area is 104 Å². The third-order valence-corrected chi connectivity index (χ3v) is 2.24. The van der Waals surface area contributed by atoms with E-state index in [1.54, 1.807) is 32.2 Å². The van der Waals surface area contributed by atoms with Crippen molar-refractivity contribution in [3.63, 3.8) is 0 Å². The molecule has 1 rings (SSSR count). The molecule has 0 saturated carbocycles. The molecule has 0 bridgehead atoms. The van der Waals surface area contributed by atoms with Gasteiger partial charge in [0, 0.05) is 0 Å². The molecule has 1 aromatic rings. The minimum Gasteiger partial charge on any atom is -0.425 e. The van der Waals surface area contributed by atoms with Gasteiger partial charge in [-0.25, -0.2) is 4.79 Å². The molecule has 0 aliphatic rings. The molecule has 1 N–H and O–H groups in total.